The normalized spacial score (nSPS) is 35.4. The van der Waals surface area contributed by atoms with Crippen LogP contribution < -0.4 is 5.32 Å². The van der Waals surface area contributed by atoms with Crippen molar-refractivity contribution in [2.45, 2.75) is 19.4 Å². The van der Waals surface area contributed by atoms with Crippen LogP contribution in [0.2, 0.25) is 0 Å². The topological polar surface area (TPSA) is 110 Å². The Labute approximate surface area is 160 Å². The summed E-state index contributed by atoms with van der Waals surface area (Å²) >= 11 is 0. The molecule has 1 aromatic rings. The average molecular weight is 381 g/mol. The Morgan fingerprint density at radius 1 is 1.18 bits per heavy atom. The van der Waals surface area contributed by atoms with Crippen molar-refractivity contribution in [1.82, 2.24) is 4.90 Å². The van der Waals surface area contributed by atoms with Gasteiger partial charge in [-0.05, 0) is 43.1 Å². The highest BCUT2D eigenvalue weighted by Gasteiger charge is 2.67. The maximum atomic E-state index is 13.0. The molecule has 0 spiro atoms. The lowest BCUT2D eigenvalue weighted by atomic mass is 9.63. The van der Waals surface area contributed by atoms with E-state index in [2.05, 4.69) is 17.5 Å². The van der Waals surface area contributed by atoms with Gasteiger partial charge in [0.25, 0.3) is 5.69 Å². The van der Waals surface area contributed by atoms with Gasteiger partial charge in [0.15, 0.2) is 0 Å². The lowest BCUT2D eigenvalue weighted by Gasteiger charge is -2.37. The maximum absolute atomic E-state index is 13.0. The van der Waals surface area contributed by atoms with Crippen LogP contribution >= 0.6 is 0 Å². The molecule has 1 aliphatic heterocycles. The van der Waals surface area contributed by atoms with E-state index in [9.17, 15) is 24.5 Å². The van der Waals surface area contributed by atoms with E-state index in [0.717, 1.165) is 11.3 Å². The summed E-state index contributed by atoms with van der Waals surface area (Å²) in [7, 11) is 0. The summed E-state index contributed by atoms with van der Waals surface area (Å²) in [6.45, 7) is 1.52. The van der Waals surface area contributed by atoms with E-state index < -0.39 is 16.9 Å². The number of non-ortho nitro benzene ring substituents is 1. The third-order valence-electron chi connectivity index (χ3n) is 6.79. The van der Waals surface area contributed by atoms with Gasteiger partial charge >= 0.3 is 0 Å². The molecule has 3 fully saturated rings. The van der Waals surface area contributed by atoms with Gasteiger partial charge < -0.3 is 5.32 Å². The zero-order valence-electron chi connectivity index (χ0n) is 15.1. The molecule has 8 nitrogen and oxygen atoms in total. The lowest BCUT2D eigenvalue weighted by molar-refractivity contribution is -0.384. The van der Waals surface area contributed by atoms with E-state index in [1.165, 1.54) is 31.2 Å². The summed E-state index contributed by atoms with van der Waals surface area (Å²) in [6.07, 6.45) is 5.25. The van der Waals surface area contributed by atoms with Gasteiger partial charge in [0.1, 0.15) is 6.04 Å². The molecule has 144 valence electrons. The molecule has 1 aromatic carbocycles. The van der Waals surface area contributed by atoms with E-state index in [1.807, 2.05) is 0 Å². The number of hydrogen-bond acceptors (Lipinski definition) is 5. The predicted octanol–water partition coefficient (Wildman–Crippen LogP) is 1.97. The Balaban J connectivity index is 1.36. The highest BCUT2D eigenvalue weighted by molar-refractivity contribution is 6.10. The second-order valence-corrected chi connectivity index (χ2v) is 8.17. The van der Waals surface area contributed by atoms with Crippen LogP contribution in [0.5, 0.6) is 0 Å². The zero-order valence-corrected chi connectivity index (χ0v) is 15.1. The quantitative estimate of drug-likeness (QED) is 0.371. The van der Waals surface area contributed by atoms with Crippen LogP contribution in [0, 0.1) is 45.6 Å². The Morgan fingerprint density at radius 3 is 2.36 bits per heavy atom. The Bertz CT molecular complexity index is 921. The molecule has 0 radical (unpaired) electrons. The van der Waals surface area contributed by atoms with Gasteiger partial charge in [0, 0.05) is 17.8 Å². The molecule has 8 heteroatoms. The minimum Gasteiger partial charge on any atom is -0.324 e. The standard InChI is InChI=1S/C20H19N3O5/c1-9(18(24)21-10-3-2-4-11(7-10)23(27)28)22-19(25)16-12-5-6-13(15-8-14(12)15)17(16)20(22)26/h2-7,9,12-17H,8H2,1H3,(H,21,24)/t9-,12+,13+,14+,15+,16-,17+/m0/s1. The first-order chi connectivity index (χ1) is 13.4. The number of amides is 3. The van der Waals surface area contributed by atoms with Crippen molar-refractivity contribution in [2.24, 2.45) is 35.5 Å². The molecular formula is C20H19N3O5. The molecule has 0 unspecified atom stereocenters. The van der Waals surface area contributed by atoms with Crippen LogP contribution in [0.1, 0.15) is 13.3 Å². The van der Waals surface area contributed by atoms with Crippen molar-refractivity contribution >= 4 is 29.1 Å². The molecule has 5 aliphatic rings. The number of nitro groups is 1. The highest BCUT2D eigenvalue weighted by atomic mass is 16.6. The first kappa shape index (κ1) is 17.1. The van der Waals surface area contributed by atoms with Crippen LogP contribution in [-0.2, 0) is 14.4 Å². The Morgan fingerprint density at radius 2 is 1.79 bits per heavy atom. The van der Waals surface area contributed by atoms with E-state index in [0.29, 0.717) is 11.8 Å². The van der Waals surface area contributed by atoms with Crippen LogP contribution in [-0.4, -0.2) is 33.6 Å². The van der Waals surface area contributed by atoms with Crippen molar-refractivity contribution in [1.29, 1.82) is 0 Å². The molecule has 2 saturated carbocycles. The first-order valence-electron chi connectivity index (χ1n) is 9.49. The molecule has 1 saturated heterocycles. The van der Waals surface area contributed by atoms with Gasteiger partial charge in [-0.2, -0.15) is 0 Å². The van der Waals surface area contributed by atoms with Gasteiger partial charge in [-0.15, -0.1) is 0 Å². The monoisotopic (exact) mass is 381 g/mol. The average Bonchev–Trinajstić information content (AvgIpc) is 3.45. The number of hydrogen-bond donors (Lipinski definition) is 1. The summed E-state index contributed by atoms with van der Waals surface area (Å²) in [4.78, 5) is 50.2. The predicted molar refractivity (Wildman–Crippen MR) is 97.7 cm³/mol. The summed E-state index contributed by atoms with van der Waals surface area (Å²) in [5, 5.41) is 13.5. The number of anilines is 1. The Hall–Kier alpha value is -3.03. The number of allylic oxidation sites excluding steroid dienone is 2. The van der Waals surface area contributed by atoms with E-state index in [4.69, 9.17) is 0 Å². The molecule has 3 amide bonds. The third kappa shape index (κ3) is 2.26. The van der Waals surface area contributed by atoms with Crippen LogP contribution in [0.4, 0.5) is 11.4 Å². The molecule has 1 N–H and O–H groups in total. The maximum Gasteiger partial charge on any atom is 0.271 e. The summed E-state index contributed by atoms with van der Waals surface area (Å²) in [5.41, 5.74) is 0.109. The number of benzene rings is 1. The number of rotatable bonds is 4. The van der Waals surface area contributed by atoms with Crippen molar-refractivity contribution in [3.63, 3.8) is 0 Å². The van der Waals surface area contributed by atoms with Crippen LogP contribution in [0.15, 0.2) is 36.4 Å². The summed E-state index contributed by atoms with van der Waals surface area (Å²) in [6, 6.07) is 4.60. The minimum atomic E-state index is -0.972. The third-order valence-corrected chi connectivity index (χ3v) is 6.79. The van der Waals surface area contributed by atoms with E-state index in [-0.39, 0.29) is 46.9 Å². The number of imide groups is 1. The van der Waals surface area contributed by atoms with Crippen molar-refractivity contribution in [2.75, 3.05) is 5.32 Å². The first-order valence-corrected chi connectivity index (χ1v) is 9.49. The smallest absolute Gasteiger partial charge is 0.271 e. The fourth-order valence-electron chi connectivity index (χ4n) is 5.42. The largest absolute Gasteiger partial charge is 0.324 e. The second kappa shape index (κ2) is 5.73. The number of nitrogens with zero attached hydrogens (tertiary/aromatic N) is 2. The molecule has 4 aliphatic carbocycles. The fourth-order valence-corrected chi connectivity index (χ4v) is 5.42. The van der Waals surface area contributed by atoms with Crippen molar-refractivity contribution < 1.29 is 19.3 Å². The molecule has 6 rings (SSSR count). The molecule has 1 heterocycles. The second-order valence-electron chi connectivity index (χ2n) is 8.17. The highest BCUT2D eigenvalue weighted by Crippen LogP contribution is 2.65. The minimum absolute atomic E-state index is 0.105. The fraction of sp³-hybridized carbons (Fsp3) is 0.450. The van der Waals surface area contributed by atoms with Gasteiger partial charge in [0.2, 0.25) is 17.7 Å². The number of likely N-dealkylation sites (tertiary alicyclic amines) is 1. The van der Waals surface area contributed by atoms with Gasteiger partial charge in [0.05, 0.1) is 16.8 Å². The molecule has 0 aromatic heterocycles. The Kier molecular flexibility index (Phi) is 3.50. The van der Waals surface area contributed by atoms with Crippen LogP contribution in [0.25, 0.3) is 0 Å². The molecule has 2 bridgehead atoms. The van der Waals surface area contributed by atoms with Crippen LogP contribution in [0.3, 0.4) is 0 Å². The van der Waals surface area contributed by atoms with E-state index in [1.54, 1.807) is 0 Å². The van der Waals surface area contributed by atoms with Gasteiger partial charge in [-0.1, -0.05) is 18.2 Å². The lowest BCUT2D eigenvalue weighted by Crippen LogP contribution is -2.46. The molecule has 28 heavy (non-hydrogen) atoms. The number of carbonyl (C=O) groups is 3. The number of nitro benzene ring substituents is 1. The van der Waals surface area contributed by atoms with Crippen molar-refractivity contribution in [3.05, 3.63) is 46.5 Å². The molecular weight excluding hydrogens is 362 g/mol. The SMILES string of the molecule is C[C@@H](C(=O)Nc1cccc([N+](=O)[O-])c1)N1C(=O)[C@@H]2[C@@H]3C=C[C@H]([C@H]4C[C@H]34)[C@@H]2C1=O. The van der Waals surface area contributed by atoms with Gasteiger partial charge in [-0.25, -0.2) is 0 Å². The number of nitrogens with one attached hydrogen (secondary N) is 1. The number of carbonyl (C=O) groups excluding carboxylic acids is 3. The summed E-state index contributed by atoms with van der Waals surface area (Å²) in [5.74, 6) is -0.543. The van der Waals surface area contributed by atoms with Gasteiger partial charge in [-0.3, -0.25) is 29.4 Å². The zero-order chi connectivity index (χ0) is 19.7. The summed E-state index contributed by atoms with van der Waals surface area (Å²) < 4.78 is 0. The van der Waals surface area contributed by atoms with Crippen molar-refractivity contribution in [3.8, 4) is 0 Å². The van der Waals surface area contributed by atoms with E-state index >= 15 is 0 Å². The molecule has 7 atom stereocenters.